The Hall–Kier alpha value is -2.87. The number of fused-ring (bicyclic) bond motifs is 1. The Labute approximate surface area is 186 Å². The molecule has 0 unspecified atom stereocenters. The molecule has 0 spiro atoms. The van der Waals surface area contributed by atoms with Crippen LogP contribution >= 0.6 is 11.3 Å². The first-order chi connectivity index (χ1) is 15.0. The van der Waals surface area contributed by atoms with E-state index in [0.717, 1.165) is 65.5 Å². The zero-order chi connectivity index (χ0) is 22.0. The number of thiophene rings is 1. The smallest absolute Gasteiger partial charge is 0.223 e. The van der Waals surface area contributed by atoms with Crippen molar-refractivity contribution in [2.24, 2.45) is 5.92 Å². The largest absolute Gasteiger partial charge is 0.497 e. The van der Waals surface area contributed by atoms with Crippen LogP contribution in [-0.4, -0.2) is 43.2 Å². The van der Waals surface area contributed by atoms with E-state index in [1.165, 1.54) is 4.88 Å². The first-order valence-electron chi connectivity index (χ1n) is 10.5. The molecule has 1 aromatic carbocycles. The number of carbonyl (C=O) groups is 1. The number of anilines is 1. The summed E-state index contributed by atoms with van der Waals surface area (Å²) in [6, 6.07) is 5.60. The third-order valence-corrected chi connectivity index (χ3v) is 6.73. The van der Waals surface area contributed by atoms with Crippen LogP contribution in [0.15, 0.2) is 23.6 Å². The van der Waals surface area contributed by atoms with E-state index < -0.39 is 0 Å². The number of benzene rings is 1. The van der Waals surface area contributed by atoms with Crippen LogP contribution in [0.1, 0.15) is 29.1 Å². The summed E-state index contributed by atoms with van der Waals surface area (Å²) in [5.74, 6) is 3.35. The fourth-order valence-corrected chi connectivity index (χ4v) is 4.91. The minimum atomic E-state index is -0.00477. The zero-order valence-electron chi connectivity index (χ0n) is 18.4. The number of hydrogen-bond donors (Lipinski definition) is 1. The number of aryl methyl sites for hydroxylation is 2. The van der Waals surface area contributed by atoms with E-state index in [0.29, 0.717) is 6.54 Å². The molecule has 1 saturated heterocycles. The molecule has 31 heavy (non-hydrogen) atoms. The number of nitrogens with zero attached hydrogens (tertiary/aromatic N) is 3. The van der Waals surface area contributed by atoms with Crippen molar-refractivity contribution >= 4 is 34.0 Å². The van der Waals surface area contributed by atoms with Crippen LogP contribution in [0.25, 0.3) is 10.9 Å². The van der Waals surface area contributed by atoms with E-state index in [-0.39, 0.29) is 11.8 Å². The average molecular weight is 441 g/mol. The highest BCUT2D eigenvalue weighted by molar-refractivity contribution is 7.11. The van der Waals surface area contributed by atoms with E-state index in [1.807, 2.05) is 25.1 Å². The van der Waals surface area contributed by atoms with Crippen LogP contribution in [0, 0.1) is 19.8 Å². The summed E-state index contributed by atoms with van der Waals surface area (Å²) in [5, 5.41) is 6.31. The maximum Gasteiger partial charge on any atom is 0.223 e. The second kappa shape index (κ2) is 9.09. The topological polar surface area (TPSA) is 76.6 Å². The molecule has 0 bridgehead atoms. The molecule has 1 aliphatic rings. The predicted molar refractivity (Wildman–Crippen MR) is 123 cm³/mol. The van der Waals surface area contributed by atoms with Crippen LogP contribution in [0.2, 0.25) is 0 Å². The van der Waals surface area contributed by atoms with E-state index >= 15 is 0 Å². The van der Waals surface area contributed by atoms with E-state index in [1.54, 1.807) is 25.6 Å². The first-order valence-corrected chi connectivity index (χ1v) is 11.3. The molecule has 0 atom stereocenters. The van der Waals surface area contributed by atoms with Gasteiger partial charge >= 0.3 is 0 Å². The Balaban J connectivity index is 1.40. The van der Waals surface area contributed by atoms with Crippen molar-refractivity contribution < 1.29 is 14.3 Å². The summed E-state index contributed by atoms with van der Waals surface area (Å²) >= 11 is 1.71. The molecule has 7 nitrogen and oxygen atoms in total. The molecule has 1 amide bonds. The van der Waals surface area contributed by atoms with E-state index in [2.05, 4.69) is 27.5 Å². The standard InChI is InChI=1S/C23H28N4O3S/c1-14-21-19(13-31-14)25-15(2)26-22(21)27-9-7-16(8-10-27)23(28)24-12-17-11-18(29-3)5-6-20(17)30-4/h5-6,11,13,16H,7-10,12H2,1-4H3,(H,24,28). The van der Waals surface area contributed by atoms with Crippen LogP contribution in [0.5, 0.6) is 11.5 Å². The molecule has 3 aromatic rings. The number of aromatic nitrogens is 2. The molecule has 4 rings (SSSR count). The highest BCUT2D eigenvalue weighted by Crippen LogP contribution is 2.33. The number of carbonyl (C=O) groups excluding carboxylic acids is 1. The van der Waals surface area contributed by atoms with Gasteiger partial charge in [0, 0.05) is 41.4 Å². The van der Waals surface area contributed by atoms with Gasteiger partial charge in [-0.2, -0.15) is 0 Å². The van der Waals surface area contributed by atoms with Gasteiger partial charge in [-0.3, -0.25) is 4.79 Å². The maximum atomic E-state index is 12.8. The molecule has 1 aliphatic heterocycles. The van der Waals surface area contributed by atoms with Crippen molar-refractivity contribution in [3.63, 3.8) is 0 Å². The average Bonchev–Trinajstić information content (AvgIpc) is 3.17. The lowest BCUT2D eigenvalue weighted by molar-refractivity contribution is -0.125. The van der Waals surface area contributed by atoms with Gasteiger partial charge in [0.25, 0.3) is 0 Å². The molecular weight excluding hydrogens is 412 g/mol. The fourth-order valence-electron chi connectivity index (χ4n) is 4.13. The molecule has 164 valence electrons. The van der Waals surface area contributed by atoms with Crippen molar-refractivity contribution in [2.45, 2.75) is 33.2 Å². The molecule has 0 saturated carbocycles. The number of rotatable bonds is 6. The normalized spacial score (nSPS) is 14.6. The van der Waals surface area contributed by atoms with Crippen molar-refractivity contribution in [2.75, 3.05) is 32.2 Å². The predicted octanol–water partition coefficient (Wildman–Crippen LogP) is 3.86. The highest BCUT2D eigenvalue weighted by Gasteiger charge is 2.27. The zero-order valence-corrected chi connectivity index (χ0v) is 19.2. The molecule has 3 heterocycles. The summed E-state index contributed by atoms with van der Waals surface area (Å²) < 4.78 is 10.7. The second-order valence-corrected chi connectivity index (χ2v) is 8.89. The van der Waals surface area contributed by atoms with Gasteiger partial charge in [-0.15, -0.1) is 11.3 Å². The molecule has 8 heteroatoms. The van der Waals surface area contributed by atoms with Crippen LogP contribution in [0.3, 0.4) is 0 Å². The minimum absolute atomic E-state index is 0.00477. The minimum Gasteiger partial charge on any atom is -0.497 e. The number of nitrogens with one attached hydrogen (secondary N) is 1. The summed E-state index contributed by atoms with van der Waals surface area (Å²) in [4.78, 5) is 25.7. The number of amides is 1. The van der Waals surface area contributed by atoms with Crippen molar-refractivity contribution in [3.8, 4) is 11.5 Å². The van der Waals surface area contributed by atoms with Crippen molar-refractivity contribution in [1.82, 2.24) is 15.3 Å². The van der Waals surface area contributed by atoms with Crippen LogP contribution in [-0.2, 0) is 11.3 Å². The van der Waals surface area contributed by atoms with E-state index in [9.17, 15) is 4.79 Å². The van der Waals surface area contributed by atoms with Gasteiger partial charge in [0.2, 0.25) is 5.91 Å². The Kier molecular flexibility index (Phi) is 6.27. The summed E-state index contributed by atoms with van der Waals surface area (Å²) in [5.41, 5.74) is 1.91. The molecule has 0 aliphatic carbocycles. The Morgan fingerprint density at radius 1 is 1.19 bits per heavy atom. The summed E-state index contributed by atoms with van der Waals surface area (Å²) in [6.07, 6.45) is 1.60. The Morgan fingerprint density at radius 2 is 1.97 bits per heavy atom. The lowest BCUT2D eigenvalue weighted by Gasteiger charge is -2.32. The lowest BCUT2D eigenvalue weighted by Crippen LogP contribution is -2.40. The van der Waals surface area contributed by atoms with E-state index in [4.69, 9.17) is 14.5 Å². The molecule has 1 fully saturated rings. The quantitative estimate of drug-likeness (QED) is 0.627. The van der Waals surface area contributed by atoms with Gasteiger partial charge in [0.05, 0.1) is 25.1 Å². The monoisotopic (exact) mass is 440 g/mol. The third-order valence-electron chi connectivity index (χ3n) is 5.84. The summed E-state index contributed by atoms with van der Waals surface area (Å²) in [7, 11) is 3.26. The molecule has 1 N–H and O–H groups in total. The Morgan fingerprint density at radius 3 is 2.68 bits per heavy atom. The maximum absolute atomic E-state index is 12.8. The highest BCUT2D eigenvalue weighted by atomic mass is 32.1. The van der Waals surface area contributed by atoms with Gasteiger partial charge in [0.1, 0.15) is 23.1 Å². The number of piperidine rings is 1. The van der Waals surface area contributed by atoms with Crippen molar-refractivity contribution in [3.05, 3.63) is 39.8 Å². The van der Waals surface area contributed by atoms with Crippen LogP contribution in [0.4, 0.5) is 5.82 Å². The van der Waals surface area contributed by atoms with Crippen molar-refractivity contribution in [1.29, 1.82) is 0 Å². The second-order valence-electron chi connectivity index (χ2n) is 7.80. The summed E-state index contributed by atoms with van der Waals surface area (Å²) in [6.45, 7) is 6.08. The number of methoxy groups -OCH3 is 2. The van der Waals surface area contributed by atoms with Crippen LogP contribution < -0.4 is 19.7 Å². The molecule has 2 aromatic heterocycles. The number of hydrogen-bond acceptors (Lipinski definition) is 7. The SMILES string of the molecule is COc1ccc(OC)c(CNC(=O)C2CCN(c3nc(C)nc4csc(C)c34)CC2)c1. The number of ether oxygens (including phenoxy) is 2. The fraction of sp³-hybridized carbons (Fsp3) is 0.435. The lowest BCUT2D eigenvalue weighted by atomic mass is 9.95. The Bertz CT molecular complexity index is 1090. The van der Waals surface area contributed by atoms with Gasteiger partial charge < -0.3 is 19.7 Å². The van der Waals surface area contributed by atoms with Gasteiger partial charge in [-0.1, -0.05) is 0 Å². The molecular formula is C23H28N4O3S. The first kappa shape index (κ1) is 21.4. The third kappa shape index (κ3) is 4.44. The van der Waals surface area contributed by atoms with Gasteiger partial charge in [0.15, 0.2) is 0 Å². The van der Waals surface area contributed by atoms with Gasteiger partial charge in [-0.05, 0) is 44.9 Å². The molecule has 0 radical (unpaired) electrons. The van der Waals surface area contributed by atoms with Gasteiger partial charge in [-0.25, -0.2) is 9.97 Å².